The second-order valence-corrected chi connectivity index (χ2v) is 7.44. The summed E-state index contributed by atoms with van der Waals surface area (Å²) in [6.45, 7) is 0.860. The maximum atomic E-state index is 6.04. The van der Waals surface area contributed by atoms with Gasteiger partial charge >= 0.3 is 0 Å². The summed E-state index contributed by atoms with van der Waals surface area (Å²) in [4.78, 5) is 5.93. The van der Waals surface area contributed by atoms with Crippen molar-refractivity contribution in [1.29, 1.82) is 0 Å². The lowest BCUT2D eigenvalue weighted by Crippen LogP contribution is -2.04. The fourth-order valence-corrected chi connectivity index (χ4v) is 4.01. The first-order chi connectivity index (χ1) is 10.2. The zero-order valence-electron chi connectivity index (χ0n) is 11.5. The van der Waals surface area contributed by atoms with Crippen molar-refractivity contribution in [2.45, 2.75) is 18.8 Å². The normalized spacial score (nSPS) is 11.2. The first-order valence-electron chi connectivity index (χ1n) is 6.54. The van der Waals surface area contributed by atoms with Crippen molar-refractivity contribution < 1.29 is 4.74 Å². The SMILES string of the molecule is COc1ccc2nc(CCl)n(CCc3ccc(Br)s3)c2c1. The molecule has 0 spiro atoms. The highest BCUT2D eigenvalue weighted by molar-refractivity contribution is 9.11. The Balaban J connectivity index is 1.94. The highest BCUT2D eigenvalue weighted by atomic mass is 79.9. The Bertz CT molecular complexity index is 768. The van der Waals surface area contributed by atoms with Gasteiger partial charge in [-0.25, -0.2) is 4.98 Å². The summed E-state index contributed by atoms with van der Waals surface area (Å²) >= 11 is 11.3. The Labute approximate surface area is 140 Å². The van der Waals surface area contributed by atoms with Crippen LogP contribution in [-0.2, 0) is 18.8 Å². The van der Waals surface area contributed by atoms with E-state index in [2.05, 4.69) is 37.6 Å². The molecule has 0 aliphatic heterocycles. The summed E-state index contributed by atoms with van der Waals surface area (Å²) in [7, 11) is 1.67. The topological polar surface area (TPSA) is 27.1 Å². The number of imidazole rings is 1. The molecule has 3 rings (SSSR count). The second-order valence-electron chi connectivity index (χ2n) is 4.62. The first-order valence-corrected chi connectivity index (χ1v) is 8.69. The van der Waals surface area contributed by atoms with Crippen LogP contribution in [0.3, 0.4) is 0 Å². The molecule has 0 saturated heterocycles. The lowest BCUT2D eigenvalue weighted by molar-refractivity contribution is 0.415. The smallest absolute Gasteiger partial charge is 0.124 e. The minimum absolute atomic E-state index is 0.408. The Morgan fingerprint density at radius 1 is 1.33 bits per heavy atom. The van der Waals surface area contributed by atoms with Crippen LogP contribution in [0.15, 0.2) is 34.1 Å². The number of benzene rings is 1. The van der Waals surface area contributed by atoms with Gasteiger partial charge in [0.25, 0.3) is 0 Å². The van der Waals surface area contributed by atoms with Crippen LogP contribution in [0.25, 0.3) is 11.0 Å². The summed E-state index contributed by atoms with van der Waals surface area (Å²) in [6, 6.07) is 10.1. The van der Waals surface area contributed by atoms with Crippen LogP contribution in [0.5, 0.6) is 5.75 Å². The number of rotatable bonds is 5. The van der Waals surface area contributed by atoms with Crippen LogP contribution in [0.4, 0.5) is 0 Å². The van der Waals surface area contributed by atoms with E-state index in [4.69, 9.17) is 16.3 Å². The van der Waals surface area contributed by atoms with E-state index in [0.717, 1.165) is 39.4 Å². The molecule has 0 unspecified atom stereocenters. The van der Waals surface area contributed by atoms with Crippen molar-refractivity contribution >= 4 is 49.9 Å². The minimum Gasteiger partial charge on any atom is -0.497 e. The maximum Gasteiger partial charge on any atom is 0.124 e. The van der Waals surface area contributed by atoms with Crippen LogP contribution < -0.4 is 4.74 Å². The molecule has 3 nitrogen and oxygen atoms in total. The number of aryl methyl sites for hydroxylation is 2. The standard InChI is InChI=1S/C15H14BrClN2OS/c1-20-10-2-4-12-13(8-10)19(15(9-17)18-12)7-6-11-3-5-14(16)21-11/h2-5,8H,6-7,9H2,1H3. The van der Waals surface area contributed by atoms with Gasteiger partial charge in [-0.05, 0) is 46.6 Å². The zero-order valence-corrected chi connectivity index (χ0v) is 14.6. The number of halogens is 2. The molecule has 0 saturated carbocycles. The lowest BCUT2D eigenvalue weighted by atomic mass is 10.3. The number of aromatic nitrogens is 2. The molecule has 0 fully saturated rings. The van der Waals surface area contributed by atoms with Crippen LogP contribution in [0.2, 0.25) is 0 Å². The van der Waals surface area contributed by atoms with Gasteiger partial charge in [0.05, 0.1) is 27.8 Å². The molecule has 6 heteroatoms. The van der Waals surface area contributed by atoms with Crippen LogP contribution in [0.1, 0.15) is 10.7 Å². The Kier molecular flexibility index (Phi) is 4.52. The molecule has 1 aromatic carbocycles. The third kappa shape index (κ3) is 3.10. The minimum atomic E-state index is 0.408. The summed E-state index contributed by atoms with van der Waals surface area (Å²) in [5.74, 6) is 2.14. The largest absolute Gasteiger partial charge is 0.497 e. The highest BCUT2D eigenvalue weighted by Gasteiger charge is 2.11. The predicted octanol–water partition coefficient (Wildman–Crippen LogP) is 4.85. The van der Waals surface area contributed by atoms with Crippen LogP contribution in [0, 0.1) is 0 Å². The number of hydrogen-bond acceptors (Lipinski definition) is 3. The predicted molar refractivity (Wildman–Crippen MR) is 91.6 cm³/mol. The number of alkyl halides is 1. The number of nitrogens with zero attached hydrogens (tertiary/aromatic N) is 2. The zero-order chi connectivity index (χ0) is 14.8. The molecular formula is C15H14BrClN2OS. The van der Waals surface area contributed by atoms with Crippen molar-refractivity contribution in [3.05, 3.63) is 44.8 Å². The molecule has 0 atom stereocenters. The van der Waals surface area contributed by atoms with E-state index in [1.807, 2.05) is 18.2 Å². The van der Waals surface area contributed by atoms with Gasteiger partial charge in [-0.1, -0.05) is 0 Å². The Morgan fingerprint density at radius 3 is 2.86 bits per heavy atom. The molecule has 0 aliphatic rings. The lowest BCUT2D eigenvalue weighted by Gasteiger charge is -2.07. The number of hydrogen-bond donors (Lipinski definition) is 0. The van der Waals surface area contributed by atoms with E-state index in [1.165, 1.54) is 4.88 Å². The van der Waals surface area contributed by atoms with Gasteiger partial charge in [0.15, 0.2) is 0 Å². The van der Waals surface area contributed by atoms with E-state index >= 15 is 0 Å². The van der Waals surface area contributed by atoms with E-state index < -0.39 is 0 Å². The van der Waals surface area contributed by atoms with Gasteiger partial charge in [-0.3, -0.25) is 0 Å². The Hall–Kier alpha value is -1.04. The van der Waals surface area contributed by atoms with Crippen molar-refractivity contribution in [2.75, 3.05) is 7.11 Å². The van der Waals surface area contributed by atoms with Crippen LogP contribution >= 0.6 is 38.9 Å². The molecule has 21 heavy (non-hydrogen) atoms. The molecule has 0 amide bonds. The average molecular weight is 386 g/mol. The fraction of sp³-hybridized carbons (Fsp3) is 0.267. The molecular weight excluding hydrogens is 372 g/mol. The van der Waals surface area contributed by atoms with Crippen molar-refractivity contribution in [3.8, 4) is 5.75 Å². The molecule has 0 bridgehead atoms. The van der Waals surface area contributed by atoms with Crippen molar-refractivity contribution in [1.82, 2.24) is 9.55 Å². The van der Waals surface area contributed by atoms with E-state index in [0.29, 0.717) is 5.88 Å². The fourth-order valence-electron chi connectivity index (χ4n) is 2.34. The van der Waals surface area contributed by atoms with Gasteiger partial charge in [-0.15, -0.1) is 22.9 Å². The van der Waals surface area contributed by atoms with Gasteiger partial charge in [-0.2, -0.15) is 0 Å². The molecule has 110 valence electrons. The monoisotopic (exact) mass is 384 g/mol. The third-order valence-electron chi connectivity index (χ3n) is 3.36. The summed E-state index contributed by atoms with van der Waals surface area (Å²) in [5.41, 5.74) is 2.03. The number of thiophene rings is 1. The molecule has 2 aromatic heterocycles. The average Bonchev–Trinajstić information content (AvgIpc) is 3.07. The summed E-state index contributed by atoms with van der Waals surface area (Å²) in [5, 5.41) is 0. The van der Waals surface area contributed by atoms with E-state index in [1.54, 1.807) is 18.4 Å². The molecule has 2 heterocycles. The Morgan fingerprint density at radius 2 is 2.19 bits per heavy atom. The summed E-state index contributed by atoms with van der Waals surface area (Å²) in [6.07, 6.45) is 0.961. The molecule has 3 aromatic rings. The highest BCUT2D eigenvalue weighted by Crippen LogP contribution is 2.26. The van der Waals surface area contributed by atoms with Gasteiger partial charge in [0.2, 0.25) is 0 Å². The number of fused-ring (bicyclic) bond motifs is 1. The van der Waals surface area contributed by atoms with Crippen molar-refractivity contribution in [2.24, 2.45) is 0 Å². The molecule has 0 radical (unpaired) electrons. The molecule has 0 aliphatic carbocycles. The maximum absolute atomic E-state index is 6.04. The second kappa shape index (κ2) is 6.38. The van der Waals surface area contributed by atoms with Gasteiger partial charge < -0.3 is 9.30 Å². The number of ether oxygens (including phenoxy) is 1. The van der Waals surface area contributed by atoms with Gasteiger partial charge in [0, 0.05) is 17.5 Å². The summed E-state index contributed by atoms with van der Waals surface area (Å²) < 4.78 is 8.65. The van der Waals surface area contributed by atoms with Crippen LogP contribution in [-0.4, -0.2) is 16.7 Å². The third-order valence-corrected chi connectivity index (χ3v) is 5.29. The first kappa shape index (κ1) is 14.9. The van der Waals surface area contributed by atoms with Crippen molar-refractivity contribution in [3.63, 3.8) is 0 Å². The molecule has 0 N–H and O–H groups in total. The van der Waals surface area contributed by atoms with E-state index in [-0.39, 0.29) is 0 Å². The quantitative estimate of drug-likeness (QED) is 0.587. The van der Waals surface area contributed by atoms with E-state index in [9.17, 15) is 0 Å². The van der Waals surface area contributed by atoms with Gasteiger partial charge in [0.1, 0.15) is 11.6 Å². The number of methoxy groups -OCH3 is 1.